The topological polar surface area (TPSA) is 80.9 Å². The van der Waals surface area contributed by atoms with Crippen LogP contribution in [0, 0.1) is 0 Å². The van der Waals surface area contributed by atoms with Crippen molar-refractivity contribution in [1.82, 2.24) is 9.38 Å². The molecular weight excluding hydrogens is 344 g/mol. The molecule has 0 saturated heterocycles. The van der Waals surface area contributed by atoms with E-state index in [1.807, 2.05) is 24.3 Å². The average Bonchev–Trinajstić information content (AvgIpc) is 2.67. The zero-order valence-corrected chi connectivity index (χ0v) is 15.5. The first-order valence-electron chi connectivity index (χ1n) is 8.79. The lowest BCUT2D eigenvalue weighted by Gasteiger charge is -2.18. The average molecular weight is 366 g/mol. The highest BCUT2D eigenvalue weighted by atomic mass is 16.5. The van der Waals surface area contributed by atoms with Gasteiger partial charge < -0.3 is 9.84 Å². The number of pyridine rings is 1. The van der Waals surface area contributed by atoms with Crippen molar-refractivity contribution in [2.75, 3.05) is 7.11 Å². The van der Waals surface area contributed by atoms with Gasteiger partial charge in [-0.1, -0.05) is 44.2 Å². The molecule has 0 bridgehead atoms. The summed E-state index contributed by atoms with van der Waals surface area (Å²) >= 11 is 0. The van der Waals surface area contributed by atoms with Crippen LogP contribution in [0.3, 0.4) is 0 Å². The van der Waals surface area contributed by atoms with Crippen molar-refractivity contribution in [2.45, 2.75) is 32.1 Å². The smallest absolute Gasteiger partial charge is 0.306 e. The van der Waals surface area contributed by atoms with Gasteiger partial charge in [-0.3, -0.25) is 14.0 Å². The summed E-state index contributed by atoms with van der Waals surface area (Å²) in [7, 11) is 1.30. The number of methoxy groups -OCH3 is 1. The molecule has 0 aliphatic heterocycles. The van der Waals surface area contributed by atoms with Crippen LogP contribution in [0.1, 0.15) is 48.8 Å². The summed E-state index contributed by atoms with van der Waals surface area (Å²) in [6.07, 6.45) is 1.52. The van der Waals surface area contributed by atoms with Crippen molar-refractivity contribution in [3.8, 4) is 5.88 Å². The summed E-state index contributed by atoms with van der Waals surface area (Å²) in [4.78, 5) is 29.1. The Morgan fingerprint density at radius 3 is 2.44 bits per heavy atom. The second-order valence-electron chi connectivity index (χ2n) is 6.74. The molecule has 6 heteroatoms. The predicted molar refractivity (Wildman–Crippen MR) is 102 cm³/mol. The van der Waals surface area contributed by atoms with E-state index in [-0.39, 0.29) is 17.9 Å². The largest absolute Gasteiger partial charge is 0.493 e. The Labute approximate surface area is 157 Å². The molecule has 0 radical (unpaired) electrons. The molecule has 0 fully saturated rings. The number of benzene rings is 1. The molecule has 1 atom stereocenters. The molecule has 0 aliphatic carbocycles. The van der Waals surface area contributed by atoms with E-state index in [4.69, 9.17) is 4.74 Å². The third kappa shape index (κ3) is 3.69. The number of esters is 1. The zero-order valence-electron chi connectivity index (χ0n) is 15.5. The molecule has 3 aromatic rings. The number of carbonyl (C=O) groups excluding carboxylic acids is 1. The highest BCUT2D eigenvalue weighted by molar-refractivity contribution is 5.71. The van der Waals surface area contributed by atoms with Crippen LogP contribution in [0.2, 0.25) is 0 Å². The van der Waals surface area contributed by atoms with Gasteiger partial charge >= 0.3 is 5.97 Å². The first-order valence-corrected chi connectivity index (χ1v) is 8.79. The molecular formula is C21H22N2O4. The first kappa shape index (κ1) is 18.6. The van der Waals surface area contributed by atoms with Crippen LogP contribution in [0.15, 0.2) is 53.5 Å². The quantitative estimate of drug-likeness (QED) is 0.701. The SMILES string of the molecule is COC(=O)C[C@H](c1ccc(C(C)C)cc1)c1c(O)nc2ccccn2c1=O. The summed E-state index contributed by atoms with van der Waals surface area (Å²) in [6, 6.07) is 12.8. The Morgan fingerprint density at radius 1 is 1.15 bits per heavy atom. The van der Waals surface area contributed by atoms with E-state index < -0.39 is 17.4 Å². The second-order valence-corrected chi connectivity index (χ2v) is 6.74. The lowest BCUT2D eigenvalue weighted by molar-refractivity contribution is -0.140. The van der Waals surface area contributed by atoms with Crippen molar-refractivity contribution in [1.29, 1.82) is 0 Å². The summed E-state index contributed by atoms with van der Waals surface area (Å²) in [5.74, 6) is -1.13. The first-order chi connectivity index (χ1) is 12.9. The van der Waals surface area contributed by atoms with E-state index in [0.29, 0.717) is 11.6 Å². The monoisotopic (exact) mass is 366 g/mol. The molecule has 0 unspecified atom stereocenters. The molecule has 0 spiro atoms. The number of aromatic hydroxyl groups is 1. The fourth-order valence-corrected chi connectivity index (χ4v) is 3.15. The van der Waals surface area contributed by atoms with Gasteiger partial charge in [0.2, 0.25) is 5.88 Å². The van der Waals surface area contributed by atoms with E-state index in [1.54, 1.807) is 24.4 Å². The molecule has 1 N–H and O–H groups in total. The number of carbonyl (C=O) groups is 1. The summed E-state index contributed by atoms with van der Waals surface area (Å²) < 4.78 is 6.17. The van der Waals surface area contributed by atoms with Crippen LogP contribution < -0.4 is 5.56 Å². The molecule has 2 aromatic heterocycles. The molecule has 2 heterocycles. The molecule has 140 valence electrons. The Hall–Kier alpha value is -3.15. The molecule has 0 aliphatic rings. The minimum Gasteiger partial charge on any atom is -0.493 e. The third-order valence-corrected chi connectivity index (χ3v) is 4.70. The van der Waals surface area contributed by atoms with Crippen LogP contribution in [0.4, 0.5) is 0 Å². The van der Waals surface area contributed by atoms with Gasteiger partial charge in [-0.25, -0.2) is 0 Å². The van der Waals surface area contributed by atoms with Crippen molar-refractivity contribution in [3.63, 3.8) is 0 Å². The van der Waals surface area contributed by atoms with Crippen LogP contribution in [-0.2, 0) is 9.53 Å². The highest BCUT2D eigenvalue weighted by Crippen LogP contribution is 2.32. The van der Waals surface area contributed by atoms with Gasteiger partial charge in [0.05, 0.1) is 19.1 Å². The van der Waals surface area contributed by atoms with Gasteiger partial charge in [-0.05, 0) is 29.2 Å². The maximum absolute atomic E-state index is 13.0. The fraction of sp³-hybridized carbons (Fsp3) is 0.286. The number of aromatic nitrogens is 2. The lowest BCUT2D eigenvalue weighted by Crippen LogP contribution is -2.24. The van der Waals surface area contributed by atoms with Gasteiger partial charge in [0.1, 0.15) is 5.65 Å². The molecule has 1 aromatic carbocycles. The maximum atomic E-state index is 13.0. The van der Waals surface area contributed by atoms with Crippen molar-refractivity contribution < 1.29 is 14.6 Å². The Kier molecular flexibility index (Phi) is 5.26. The normalized spacial score (nSPS) is 12.3. The van der Waals surface area contributed by atoms with Gasteiger partial charge in [0.25, 0.3) is 5.56 Å². The Morgan fingerprint density at radius 2 is 1.81 bits per heavy atom. The second kappa shape index (κ2) is 7.61. The summed E-state index contributed by atoms with van der Waals surface area (Å²) in [6.45, 7) is 4.18. The van der Waals surface area contributed by atoms with Crippen LogP contribution in [-0.4, -0.2) is 27.6 Å². The van der Waals surface area contributed by atoms with E-state index in [9.17, 15) is 14.7 Å². The minimum atomic E-state index is -0.657. The van der Waals surface area contributed by atoms with Crippen LogP contribution >= 0.6 is 0 Å². The van der Waals surface area contributed by atoms with Crippen molar-refractivity contribution in [3.05, 3.63) is 75.7 Å². The van der Waals surface area contributed by atoms with Crippen molar-refractivity contribution >= 4 is 11.6 Å². The number of ether oxygens (including phenoxy) is 1. The molecule has 27 heavy (non-hydrogen) atoms. The van der Waals surface area contributed by atoms with Crippen molar-refractivity contribution in [2.24, 2.45) is 0 Å². The van der Waals surface area contributed by atoms with E-state index >= 15 is 0 Å². The molecule has 0 saturated carbocycles. The van der Waals surface area contributed by atoms with Crippen LogP contribution in [0.5, 0.6) is 5.88 Å². The third-order valence-electron chi connectivity index (χ3n) is 4.70. The number of nitrogens with zero attached hydrogens (tertiary/aromatic N) is 2. The fourth-order valence-electron chi connectivity index (χ4n) is 3.15. The van der Waals surface area contributed by atoms with Gasteiger partial charge in [0, 0.05) is 12.1 Å². The van der Waals surface area contributed by atoms with E-state index in [1.165, 1.54) is 11.5 Å². The summed E-state index contributed by atoms with van der Waals surface area (Å²) in [5.41, 5.74) is 1.92. The highest BCUT2D eigenvalue weighted by Gasteiger charge is 2.26. The summed E-state index contributed by atoms with van der Waals surface area (Å²) in [5, 5.41) is 10.5. The van der Waals surface area contributed by atoms with E-state index in [2.05, 4.69) is 18.8 Å². The number of hydrogen-bond donors (Lipinski definition) is 1. The van der Waals surface area contributed by atoms with Gasteiger partial charge in [0.15, 0.2) is 0 Å². The predicted octanol–water partition coefficient (Wildman–Crippen LogP) is 3.22. The molecule has 0 amide bonds. The molecule has 6 nitrogen and oxygen atoms in total. The Bertz CT molecular complexity index is 1020. The number of hydrogen-bond acceptors (Lipinski definition) is 5. The zero-order chi connectivity index (χ0) is 19.6. The van der Waals surface area contributed by atoms with E-state index in [0.717, 1.165) is 11.1 Å². The standard InChI is InChI=1S/C21H22N2O4/c1-13(2)14-7-9-15(10-8-14)16(12-18(24)27-3)19-20(25)22-17-6-4-5-11-23(17)21(19)26/h4-11,13,16,25H,12H2,1-3H3/t16-/m1/s1. The van der Waals surface area contributed by atoms with Gasteiger partial charge in [-0.15, -0.1) is 0 Å². The molecule has 3 rings (SSSR count). The number of rotatable bonds is 5. The number of fused-ring (bicyclic) bond motifs is 1. The minimum absolute atomic E-state index is 0.0685. The Balaban J connectivity index is 2.18. The van der Waals surface area contributed by atoms with Crippen LogP contribution in [0.25, 0.3) is 5.65 Å². The van der Waals surface area contributed by atoms with Gasteiger partial charge in [-0.2, -0.15) is 4.98 Å². The maximum Gasteiger partial charge on any atom is 0.306 e. The lowest BCUT2D eigenvalue weighted by atomic mass is 9.88.